The molecule has 4 rings (SSSR count). The molecule has 0 radical (unpaired) electrons. The Morgan fingerprint density at radius 3 is 2.96 bits per heavy atom. The molecule has 0 spiro atoms. The van der Waals surface area contributed by atoms with Crippen molar-refractivity contribution in [2.24, 2.45) is 7.05 Å². The van der Waals surface area contributed by atoms with Crippen LogP contribution < -0.4 is 0 Å². The second-order valence-corrected chi connectivity index (χ2v) is 6.70. The van der Waals surface area contributed by atoms with E-state index in [1.807, 2.05) is 23.9 Å². The van der Waals surface area contributed by atoms with E-state index in [0.717, 1.165) is 31.2 Å². The number of hydrogen-bond donors (Lipinski definition) is 0. The summed E-state index contributed by atoms with van der Waals surface area (Å²) in [6, 6.07) is 4.42. The van der Waals surface area contributed by atoms with Crippen LogP contribution in [0.5, 0.6) is 0 Å². The van der Waals surface area contributed by atoms with Gasteiger partial charge >= 0.3 is 0 Å². The molecule has 120 valence electrons. The molecule has 23 heavy (non-hydrogen) atoms. The van der Waals surface area contributed by atoms with Crippen molar-refractivity contribution in [2.45, 2.75) is 50.6 Å². The Morgan fingerprint density at radius 2 is 2.22 bits per heavy atom. The number of aryl methyl sites for hydroxylation is 1. The predicted molar refractivity (Wildman–Crippen MR) is 83.4 cm³/mol. The maximum Gasteiger partial charge on any atom is 0.229 e. The van der Waals surface area contributed by atoms with Gasteiger partial charge in [-0.05, 0) is 43.9 Å². The number of aromatic nitrogens is 3. The van der Waals surface area contributed by atoms with E-state index in [4.69, 9.17) is 9.78 Å². The molecule has 3 heterocycles. The molecular formula is C17H21N5O. The SMILES string of the molecule is Cn1cc(CN2CCCCC2c2noc(C3CC3)n2)cc1C#N. The van der Waals surface area contributed by atoms with Crippen LogP contribution in [0.4, 0.5) is 0 Å². The summed E-state index contributed by atoms with van der Waals surface area (Å²) in [4.78, 5) is 7.07. The first kappa shape index (κ1) is 14.5. The summed E-state index contributed by atoms with van der Waals surface area (Å²) < 4.78 is 7.33. The van der Waals surface area contributed by atoms with Crippen LogP contribution >= 0.6 is 0 Å². The third kappa shape index (κ3) is 2.89. The van der Waals surface area contributed by atoms with E-state index in [-0.39, 0.29) is 6.04 Å². The van der Waals surface area contributed by atoms with E-state index in [9.17, 15) is 0 Å². The Bertz CT molecular complexity index is 736. The number of rotatable bonds is 4. The zero-order valence-electron chi connectivity index (χ0n) is 13.4. The molecule has 1 saturated carbocycles. The third-order valence-electron chi connectivity index (χ3n) is 4.86. The van der Waals surface area contributed by atoms with Crippen molar-refractivity contribution in [2.75, 3.05) is 6.54 Å². The molecule has 6 heteroatoms. The highest BCUT2D eigenvalue weighted by molar-refractivity contribution is 5.28. The minimum absolute atomic E-state index is 0.228. The van der Waals surface area contributed by atoms with Crippen molar-refractivity contribution < 1.29 is 4.52 Å². The topological polar surface area (TPSA) is 70.9 Å². The van der Waals surface area contributed by atoms with Gasteiger partial charge in [0.15, 0.2) is 5.82 Å². The average Bonchev–Trinajstić information content (AvgIpc) is 3.19. The Hall–Kier alpha value is -2.13. The smallest absolute Gasteiger partial charge is 0.229 e. The summed E-state index contributed by atoms with van der Waals surface area (Å²) >= 11 is 0. The van der Waals surface area contributed by atoms with Crippen LogP contribution in [-0.4, -0.2) is 26.2 Å². The number of nitriles is 1. The molecule has 6 nitrogen and oxygen atoms in total. The maximum atomic E-state index is 9.11. The fourth-order valence-electron chi connectivity index (χ4n) is 3.42. The summed E-state index contributed by atoms with van der Waals surface area (Å²) in [7, 11) is 1.91. The van der Waals surface area contributed by atoms with E-state index in [2.05, 4.69) is 21.1 Å². The highest BCUT2D eigenvalue weighted by atomic mass is 16.5. The van der Waals surface area contributed by atoms with Gasteiger partial charge in [0.2, 0.25) is 5.89 Å². The zero-order chi connectivity index (χ0) is 15.8. The molecule has 2 fully saturated rings. The number of nitrogens with zero attached hydrogens (tertiary/aromatic N) is 5. The Kier molecular flexibility index (Phi) is 3.66. The number of hydrogen-bond acceptors (Lipinski definition) is 5. The largest absolute Gasteiger partial charge is 0.342 e. The predicted octanol–water partition coefficient (Wildman–Crippen LogP) is 2.88. The Morgan fingerprint density at radius 1 is 1.35 bits per heavy atom. The van der Waals surface area contributed by atoms with Gasteiger partial charge in [-0.2, -0.15) is 10.2 Å². The maximum absolute atomic E-state index is 9.11. The van der Waals surface area contributed by atoms with Crippen LogP contribution in [0.3, 0.4) is 0 Å². The molecule has 0 amide bonds. The van der Waals surface area contributed by atoms with Crippen LogP contribution in [0.1, 0.15) is 67.0 Å². The zero-order valence-corrected chi connectivity index (χ0v) is 13.4. The van der Waals surface area contributed by atoms with Crippen molar-refractivity contribution in [3.63, 3.8) is 0 Å². The van der Waals surface area contributed by atoms with Crippen molar-refractivity contribution >= 4 is 0 Å². The summed E-state index contributed by atoms with van der Waals surface area (Å²) in [5.41, 5.74) is 1.87. The molecule has 2 aromatic rings. The van der Waals surface area contributed by atoms with Gasteiger partial charge in [0.25, 0.3) is 0 Å². The molecule has 1 saturated heterocycles. The first-order valence-corrected chi connectivity index (χ1v) is 8.37. The normalized spacial score (nSPS) is 22.2. The van der Waals surface area contributed by atoms with Gasteiger partial charge in [-0.3, -0.25) is 4.90 Å². The van der Waals surface area contributed by atoms with E-state index in [1.165, 1.54) is 31.2 Å². The van der Waals surface area contributed by atoms with Crippen molar-refractivity contribution in [1.29, 1.82) is 5.26 Å². The van der Waals surface area contributed by atoms with Crippen LogP contribution in [0.25, 0.3) is 0 Å². The fourth-order valence-corrected chi connectivity index (χ4v) is 3.42. The summed E-state index contributed by atoms with van der Waals surface area (Å²) in [5, 5.41) is 13.4. The summed E-state index contributed by atoms with van der Waals surface area (Å²) in [5.74, 6) is 2.15. The molecule has 1 unspecified atom stereocenters. The molecular weight excluding hydrogens is 290 g/mol. The Balaban J connectivity index is 1.53. The van der Waals surface area contributed by atoms with Crippen LogP contribution in [0.2, 0.25) is 0 Å². The van der Waals surface area contributed by atoms with Crippen LogP contribution in [0, 0.1) is 11.3 Å². The fraction of sp³-hybridized carbons (Fsp3) is 0.588. The first-order chi connectivity index (χ1) is 11.2. The lowest BCUT2D eigenvalue weighted by Crippen LogP contribution is -2.33. The van der Waals surface area contributed by atoms with Gasteiger partial charge in [-0.25, -0.2) is 0 Å². The average molecular weight is 311 g/mol. The molecule has 2 aliphatic rings. The number of likely N-dealkylation sites (tertiary alicyclic amines) is 1. The minimum Gasteiger partial charge on any atom is -0.342 e. The van der Waals surface area contributed by atoms with Gasteiger partial charge in [-0.15, -0.1) is 0 Å². The minimum atomic E-state index is 0.228. The van der Waals surface area contributed by atoms with Crippen molar-refractivity contribution in [3.8, 4) is 6.07 Å². The van der Waals surface area contributed by atoms with Crippen LogP contribution in [-0.2, 0) is 13.6 Å². The van der Waals surface area contributed by atoms with E-state index < -0.39 is 0 Å². The number of piperidine rings is 1. The van der Waals surface area contributed by atoms with Gasteiger partial charge in [0, 0.05) is 25.7 Å². The van der Waals surface area contributed by atoms with Gasteiger partial charge in [0.05, 0.1) is 6.04 Å². The monoisotopic (exact) mass is 311 g/mol. The summed E-state index contributed by atoms with van der Waals surface area (Å²) in [6.07, 6.45) is 7.86. The lowest BCUT2D eigenvalue weighted by molar-refractivity contribution is 0.131. The first-order valence-electron chi connectivity index (χ1n) is 8.37. The van der Waals surface area contributed by atoms with E-state index in [0.29, 0.717) is 11.6 Å². The molecule has 0 N–H and O–H groups in total. The highest BCUT2D eigenvalue weighted by Gasteiger charge is 2.33. The lowest BCUT2D eigenvalue weighted by Gasteiger charge is -2.33. The highest BCUT2D eigenvalue weighted by Crippen LogP contribution is 2.40. The lowest BCUT2D eigenvalue weighted by atomic mass is 10.0. The van der Waals surface area contributed by atoms with Gasteiger partial charge in [0.1, 0.15) is 11.8 Å². The second kappa shape index (κ2) is 5.82. The molecule has 1 aliphatic carbocycles. The second-order valence-electron chi connectivity index (χ2n) is 6.70. The quantitative estimate of drug-likeness (QED) is 0.868. The molecule has 0 aromatic carbocycles. The molecule has 0 bridgehead atoms. The Labute approximate surface area is 135 Å². The van der Waals surface area contributed by atoms with Gasteiger partial charge in [-0.1, -0.05) is 11.6 Å². The molecule has 2 aromatic heterocycles. The molecule has 1 aliphatic heterocycles. The van der Waals surface area contributed by atoms with Crippen molar-refractivity contribution in [3.05, 3.63) is 35.2 Å². The van der Waals surface area contributed by atoms with Gasteiger partial charge < -0.3 is 9.09 Å². The summed E-state index contributed by atoms with van der Waals surface area (Å²) in [6.45, 7) is 1.86. The standard InChI is InChI=1S/C17H21N5O/c1-21-10-12(8-14(21)9-18)11-22-7-3-2-4-15(22)16-19-17(23-20-16)13-5-6-13/h8,10,13,15H,2-7,11H2,1H3. The van der Waals surface area contributed by atoms with E-state index in [1.54, 1.807) is 0 Å². The third-order valence-corrected chi connectivity index (χ3v) is 4.86. The van der Waals surface area contributed by atoms with Crippen LogP contribution in [0.15, 0.2) is 16.8 Å². The molecule has 1 atom stereocenters. The van der Waals surface area contributed by atoms with E-state index >= 15 is 0 Å². The van der Waals surface area contributed by atoms with Crippen molar-refractivity contribution in [1.82, 2.24) is 19.6 Å².